The average molecular weight is 319 g/mol. The van der Waals surface area contributed by atoms with E-state index in [1.807, 2.05) is 12.3 Å². The van der Waals surface area contributed by atoms with Gasteiger partial charge >= 0.3 is 0 Å². The Balaban J connectivity index is 1.59. The van der Waals surface area contributed by atoms with Gasteiger partial charge in [-0.3, -0.25) is 14.3 Å². The fourth-order valence-corrected chi connectivity index (χ4v) is 3.65. The van der Waals surface area contributed by atoms with Crippen molar-refractivity contribution in [2.24, 2.45) is 5.73 Å². The first kappa shape index (κ1) is 16.0. The summed E-state index contributed by atoms with van der Waals surface area (Å²) in [6.45, 7) is 2.12. The van der Waals surface area contributed by atoms with Gasteiger partial charge in [-0.1, -0.05) is 12.8 Å². The van der Waals surface area contributed by atoms with Gasteiger partial charge in [0, 0.05) is 18.7 Å². The predicted octanol–water partition coefficient (Wildman–Crippen LogP) is 0.264. The number of nitrogens with two attached hydrogens (primary N) is 1. The quantitative estimate of drug-likeness (QED) is 0.724. The highest BCUT2D eigenvalue weighted by Crippen LogP contribution is 2.29. The minimum Gasteiger partial charge on any atom is -0.368 e. The van der Waals surface area contributed by atoms with Crippen molar-refractivity contribution in [3.63, 3.8) is 0 Å². The molecule has 0 radical (unpaired) electrons. The summed E-state index contributed by atoms with van der Waals surface area (Å²) in [4.78, 5) is 24.0. The van der Waals surface area contributed by atoms with Crippen molar-refractivity contribution in [1.29, 1.82) is 0 Å². The van der Waals surface area contributed by atoms with E-state index in [0.717, 1.165) is 44.5 Å². The first-order chi connectivity index (χ1) is 11.1. The molecule has 3 rings (SSSR count). The van der Waals surface area contributed by atoms with Crippen molar-refractivity contribution in [2.75, 3.05) is 13.1 Å². The fourth-order valence-electron chi connectivity index (χ4n) is 3.65. The summed E-state index contributed by atoms with van der Waals surface area (Å²) < 4.78 is 1.64. The van der Waals surface area contributed by atoms with Crippen molar-refractivity contribution < 1.29 is 9.59 Å². The largest absolute Gasteiger partial charge is 0.368 e. The van der Waals surface area contributed by atoms with E-state index in [1.165, 1.54) is 0 Å². The normalized spacial score (nSPS) is 23.6. The number of nitrogens with one attached hydrogen (secondary N) is 2. The molecule has 0 spiro atoms. The van der Waals surface area contributed by atoms with Crippen molar-refractivity contribution in [2.45, 2.75) is 56.5 Å². The number of amides is 2. The van der Waals surface area contributed by atoms with Crippen molar-refractivity contribution >= 4 is 11.8 Å². The number of hydrogen-bond acceptors (Lipinski definition) is 4. The summed E-state index contributed by atoms with van der Waals surface area (Å²) in [6.07, 6.45) is 7.21. The second-order valence-electron chi connectivity index (χ2n) is 6.68. The van der Waals surface area contributed by atoms with E-state index in [1.54, 1.807) is 4.68 Å². The number of primary amides is 1. The molecule has 1 aromatic heterocycles. The molecule has 1 saturated carbocycles. The standard InChI is InChI=1S/C16H25N5O2/c17-15(23)16(6-1-2-7-16)19-14(22)11-21-9-5-13(20-21)12-4-3-8-18-10-12/h5,9,12,18H,1-4,6-8,10-11H2,(H2,17,23)(H,19,22)/t12-/m1/s1. The molecule has 2 heterocycles. The molecule has 7 nitrogen and oxygen atoms in total. The Kier molecular flexibility index (Phi) is 4.66. The number of carbonyl (C=O) groups excluding carboxylic acids is 2. The average Bonchev–Trinajstić information content (AvgIpc) is 3.18. The van der Waals surface area contributed by atoms with E-state index in [0.29, 0.717) is 18.8 Å². The molecule has 2 aliphatic rings. The highest BCUT2D eigenvalue weighted by atomic mass is 16.2. The molecule has 4 N–H and O–H groups in total. The third-order valence-corrected chi connectivity index (χ3v) is 4.99. The minimum atomic E-state index is -0.861. The summed E-state index contributed by atoms with van der Waals surface area (Å²) in [5.41, 5.74) is 5.66. The van der Waals surface area contributed by atoms with Crippen LogP contribution in [0.3, 0.4) is 0 Å². The topological polar surface area (TPSA) is 102 Å². The molecule has 2 amide bonds. The molecular formula is C16H25N5O2. The van der Waals surface area contributed by atoms with Crippen molar-refractivity contribution in [3.8, 4) is 0 Å². The number of carbonyl (C=O) groups is 2. The second-order valence-corrected chi connectivity index (χ2v) is 6.68. The van der Waals surface area contributed by atoms with E-state index >= 15 is 0 Å². The summed E-state index contributed by atoms with van der Waals surface area (Å²) in [5, 5.41) is 10.7. The summed E-state index contributed by atoms with van der Waals surface area (Å²) >= 11 is 0. The molecular weight excluding hydrogens is 294 g/mol. The van der Waals surface area contributed by atoms with Crippen LogP contribution in [0, 0.1) is 0 Å². The Morgan fingerprint density at radius 1 is 1.39 bits per heavy atom. The molecule has 1 aliphatic heterocycles. The van der Waals surface area contributed by atoms with Gasteiger partial charge in [-0.25, -0.2) is 0 Å². The number of rotatable bonds is 5. The van der Waals surface area contributed by atoms with Gasteiger partial charge in [0.15, 0.2) is 0 Å². The molecule has 0 bridgehead atoms. The Morgan fingerprint density at radius 2 is 2.17 bits per heavy atom. The predicted molar refractivity (Wildman–Crippen MR) is 85.6 cm³/mol. The van der Waals surface area contributed by atoms with E-state index in [4.69, 9.17) is 5.73 Å². The molecule has 23 heavy (non-hydrogen) atoms. The third-order valence-electron chi connectivity index (χ3n) is 4.99. The van der Waals surface area contributed by atoms with E-state index in [-0.39, 0.29) is 12.5 Å². The van der Waals surface area contributed by atoms with Crippen LogP contribution < -0.4 is 16.4 Å². The zero-order valence-corrected chi connectivity index (χ0v) is 13.4. The Labute approximate surface area is 136 Å². The maximum absolute atomic E-state index is 12.3. The van der Waals surface area contributed by atoms with Gasteiger partial charge in [-0.15, -0.1) is 0 Å². The van der Waals surface area contributed by atoms with Gasteiger partial charge < -0.3 is 16.4 Å². The molecule has 1 aromatic rings. The minimum absolute atomic E-state index is 0.120. The SMILES string of the molecule is NC(=O)C1(NC(=O)Cn2ccc([C@@H]3CCCNC3)n2)CCCC1. The Hall–Kier alpha value is -1.89. The third kappa shape index (κ3) is 3.55. The van der Waals surface area contributed by atoms with Crippen molar-refractivity contribution in [1.82, 2.24) is 20.4 Å². The molecule has 2 fully saturated rings. The first-order valence-electron chi connectivity index (χ1n) is 8.44. The highest BCUT2D eigenvalue weighted by molar-refractivity contribution is 5.90. The molecule has 7 heteroatoms. The summed E-state index contributed by atoms with van der Waals surface area (Å²) in [6, 6.07) is 1.98. The van der Waals surface area contributed by atoms with E-state index < -0.39 is 11.4 Å². The molecule has 1 saturated heterocycles. The van der Waals surface area contributed by atoms with Crippen LogP contribution in [0.25, 0.3) is 0 Å². The maximum atomic E-state index is 12.3. The van der Waals surface area contributed by atoms with Gasteiger partial charge in [0.25, 0.3) is 0 Å². The van der Waals surface area contributed by atoms with Crippen LogP contribution in [0.15, 0.2) is 12.3 Å². The van der Waals surface area contributed by atoms with Gasteiger partial charge in [-0.05, 0) is 38.3 Å². The summed E-state index contributed by atoms with van der Waals surface area (Å²) in [5.74, 6) is -0.222. The lowest BCUT2D eigenvalue weighted by Gasteiger charge is -2.26. The maximum Gasteiger partial charge on any atom is 0.243 e. The van der Waals surface area contributed by atoms with E-state index in [9.17, 15) is 9.59 Å². The molecule has 0 aromatic carbocycles. The molecule has 0 unspecified atom stereocenters. The lowest BCUT2D eigenvalue weighted by atomic mass is 9.97. The van der Waals surface area contributed by atoms with Crippen LogP contribution in [-0.2, 0) is 16.1 Å². The van der Waals surface area contributed by atoms with Crippen LogP contribution in [0.5, 0.6) is 0 Å². The van der Waals surface area contributed by atoms with Gasteiger partial charge in [0.2, 0.25) is 11.8 Å². The summed E-state index contributed by atoms with van der Waals surface area (Å²) in [7, 11) is 0. The number of piperidine rings is 1. The smallest absolute Gasteiger partial charge is 0.243 e. The van der Waals surface area contributed by atoms with Gasteiger partial charge in [0.1, 0.15) is 12.1 Å². The molecule has 1 aliphatic carbocycles. The zero-order chi connectivity index (χ0) is 16.3. The second kappa shape index (κ2) is 6.70. The highest BCUT2D eigenvalue weighted by Gasteiger charge is 2.40. The van der Waals surface area contributed by atoms with E-state index in [2.05, 4.69) is 15.7 Å². The van der Waals surface area contributed by atoms with Gasteiger partial charge in [0.05, 0.1) is 5.69 Å². The van der Waals surface area contributed by atoms with Crippen LogP contribution in [0.1, 0.15) is 50.1 Å². The Morgan fingerprint density at radius 3 is 2.83 bits per heavy atom. The zero-order valence-electron chi connectivity index (χ0n) is 13.4. The number of nitrogens with zero attached hydrogens (tertiary/aromatic N) is 2. The molecule has 126 valence electrons. The van der Waals surface area contributed by atoms with Crippen molar-refractivity contribution in [3.05, 3.63) is 18.0 Å². The van der Waals surface area contributed by atoms with Crippen LogP contribution in [0.2, 0.25) is 0 Å². The van der Waals surface area contributed by atoms with Crippen LogP contribution in [0.4, 0.5) is 0 Å². The lowest BCUT2D eigenvalue weighted by molar-refractivity contribution is -0.131. The van der Waals surface area contributed by atoms with Crippen LogP contribution in [-0.4, -0.2) is 40.2 Å². The number of aromatic nitrogens is 2. The fraction of sp³-hybridized carbons (Fsp3) is 0.688. The number of hydrogen-bond donors (Lipinski definition) is 3. The monoisotopic (exact) mass is 319 g/mol. The lowest BCUT2D eigenvalue weighted by Crippen LogP contribution is -2.56. The first-order valence-corrected chi connectivity index (χ1v) is 8.44. The van der Waals surface area contributed by atoms with Gasteiger partial charge in [-0.2, -0.15) is 5.10 Å². The Bertz CT molecular complexity index is 571. The molecule has 1 atom stereocenters. The van der Waals surface area contributed by atoms with Crippen LogP contribution >= 0.6 is 0 Å².